The molecule has 1 atom stereocenters. The Bertz CT molecular complexity index is 522. The molecule has 0 spiro atoms. The van der Waals surface area contributed by atoms with E-state index in [1.807, 2.05) is 6.92 Å². The molecule has 2 rings (SSSR count). The molecule has 1 heterocycles. The van der Waals surface area contributed by atoms with E-state index in [1.165, 1.54) is 18.4 Å². The Morgan fingerprint density at radius 2 is 2.18 bits per heavy atom. The molecule has 0 fully saturated rings. The average Bonchev–Trinajstić information content (AvgIpc) is 2.68. The minimum atomic E-state index is -0.770. The number of hydrogen-bond acceptors (Lipinski definition) is 2. The van der Waals surface area contributed by atoms with E-state index < -0.39 is 6.10 Å². The maximum absolute atomic E-state index is 12.9. The van der Waals surface area contributed by atoms with Crippen LogP contribution >= 0.6 is 11.6 Å². The van der Waals surface area contributed by atoms with E-state index in [0.29, 0.717) is 22.8 Å². The van der Waals surface area contributed by atoms with Crippen molar-refractivity contribution in [2.75, 3.05) is 0 Å². The van der Waals surface area contributed by atoms with Crippen molar-refractivity contribution in [1.29, 1.82) is 0 Å². The van der Waals surface area contributed by atoms with Gasteiger partial charge in [0.15, 0.2) is 0 Å². The van der Waals surface area contributed by atoms with Crippen LogP contribution in [0, 0.1) is 12.7 Å². The van der Waals surface area contributed by atoms with E-state index in [-0.39, 0.29) is 5.82 Å². The summed E-state index contributed by atoms with van der Waals surface area (Å²) >= 11 is 5.89. The molecule has 0 aliphatic heterocycles. The predicted molar refractivity (Wildman–Crippen MR) is 63.5 cm³/mol. The zero-order chi connectivity index (χ0) is 12.4. The molecule has 0 bridgehead atoms. The standard InChI is InChI=1S/C13H12ClFO2/c1-8-4-5-17-13(8)12(16)6-9-2-3-10(15)7-11(9)14/h2-5,7,12,16H,6H2,1H3. The van der Waals surface area contributed by atoms with E-state index in [2.05, 4.69) is 0 Å². The maximum Gasteiger partial charge on any atom is 0.135 e. The lowest BCUT2D eigenvalue weighted by molar-refractivity contribution is 0.149. The average molecular weight is 255 g/mol. The van der Waals surface area contributed by atoms with Crippen LogP contribution < -0.4 is 0 Å². The molecule has 0 aliphatic carbocycles. The fourth-order valence-electron chi connectivity index (χ4n) is 1.71. The van der Waals surface area contributed by atoms with Crippen LogP contribution in [-0.2, 0) is 6.42 Å². The first kappa shape index (κ1) is 12.1. The third-order valence-electron chi connectivity index (χ3n) is 2.63. The van der Waals surface area contributed by atoms with Gasteiger partial charge in [0.1, 0.15) is 17.7 Å². The van der Waals surface area contributed by atoms with E-state index >= 15 is 0 Å². The second kappa shape index (κ2) is 4.90. The van der Waals surface area contributed by atoms with Gasteiger partial charge in [0, 0.05) is 11.4 Å². The number of benzene rings is 1. The van der Waals surface area contributed by atoms with Gasteiger partial charge < -0.3 is 9.52 Å². The Kier molecular flexibility index (Phi) is 3.50. The highest BCUT2D eigenvalue weighted by atomic mass is 35.5. The Balaban J connectivity index is 2.19. The molecule has 1 unspecified atom stereocenters. The SMILES string of the molecule is Cc1ccoc1C(O)Cc1ccc(F)cc1Cl. The highest BCUT2D eigenvalue weighted by Crippen LogP contribution is 2.26. The van der Waals surface area contributed by atoms with Gasteiger partial charge in [0.25, 0.3) is 0 Å². The molecule has 2 aromatic rings. The van der Waals surface area contributed by atoms with Gasteiger partial charge in [-0.2, -0.15) is 0 Å². The van der Waals surface area contributed by atoms with E-state index in [4.69, 9.17) is 16.0 Å². The third kappa shape index (κ3) is 2.68. The molecule has 0 radical (unpaired) electrons. The van der Waals surface area contributed by atoms with E-state index in [0.717, 1.165) is 5.56 Å². The van der Waals surface area contributed by atoms with Gasteiger partial charge in [-0.25, -0.2) is 4.39 Å². The first-order valence-electron chi connectivity index (χ1n) is 5.24. The third-order valence-corrected chi connectivity index (χ3v) is 2.98. The summed E-state index contributed by atoms with van der Waals surface area (Å²) in [5.74, 6) is 0.132. The van der Waals surface area contributed by atoms with Gasteiger partial charge in [0.05, 0.1) is 6.26 Å². The lowest BCUT2D eigenvalue weighted by Crippen LogP contribution is -2.02. The van der Waals surface area contributed by atoms with Gasteiger partial charge in [-0.3, -0.25) is 0 Å². The molecule has 2 nitrogen and oxygen atoms in total. The van der Waals surface area contributed by atoms with Gasteiger partial charge >= 0.3 is 0 Å². The van der Waals surface area contributed by atoms with Gasteiger partial charge in [-0.1, -0.05) is 17.7 Å². The summed E-state index contributed by atoms with van der Waals surface area (Å²) in [6.45, 7) is 1.86. The number of hydrogen-bond donors (Lipinski definition) is 1. The van der Waals surface area contributed by atoms with Crippen LogP contribution in [0.5, 0.6) is 0 Å². The zero-order valence-electron chi connectivity index (χ0n) is 9.28. The lowest BCUT2D eigenvalue weighted by atomic mass is 10.0. The van der Waals surface area contributed by atoms with Crippen LogP contribution in [0.3, 0.4) is 0 Å². The molecule has 1 N–H and O–H groups in total. The Morgan fingerprint density at radius 1 is 1.41 bits per heavy atom. The quantitative estimate of drug-likeness (QED) is 0.907. The molecule has 0 aliphatic rings. The largest absolute Gasteiger partial charge is 0.466 e. The van der Waals surface area contributed by atoms with Gasteiger partial charge in [0.2, 0.25) is 0 Å². The lowest BCUT2D eigenvalue weighted by Gasteiger charge is -2.10. The molecule has 90 valence electrons. The summed E-state index contributed by atoms with van der Waals surface area (Å²) in [7, 11) is 0. The zero-order valence-corrected chi connectivity index (χ0v) is 10.0. The highest BCUT2D eigenvalue weighted by molar-refractivity contribution is 6.31. The maximum atomic E-state index is 12.9. The van der Waals surface area contributed by atoms with Crippen molar-refractivity contribution in [2.45, 2.75) is 19.4 Å². The first-order valence-corrected chi connectivity index (χ1v) is 5.61. The summed E-state index contributed by atoms with van der Waals surface area (Å²) in [6.07, 6.45) is 1.06. The Morgan fingerprint density at radius 3 is 2.76 bits per heavy atom. The van der Waals surface area contributed by atoms with Crippen LogP contribution in [0.2, 0.25) is 5.02 Å². The number of rotatable bonds is 3. The number of aryl methyl sites for hydroxylation is 1. The Labute approximate surface area is 104 Å². The van der Waals surface area contributed by atoms with Crippen molar-refractivity contribution in [3.63, 3.8) is 0 Å². The number of furan rings is 1. The van der Waals surface area contributed by atoms with Crippen LogP contribution in [-0.4, -0.2) is 5.11 Å². The molecular formula is C13H12ClFO2. The van der Waals surface area contributed by atoms with Crippen molar-refractivity contribution in [2.24, 2.45) is 0 Å². The fraction of sp³-hybridized carbons (Fsp3) is 0.231. The molecule has 4 heteroatoms. The fourth-order valence-corrected chi connectivity index (χ4v) is 1.96. The molecule has 1 aromatic heterocycles. The molecule has 1 aromatic carbocycles. The topological polar surface area (TPSA) is 33.4 Å². The normalized spacial score (nSPS) is 12.7. The molecule has 0 saturated heterocycles. The number of aliphatic hydroxyl groups is 1. The minimum Gasteiger partial charge on any atom is -0.466 e. The van der Waals surface area contributed by atoms with Crippen LogP contribution in [0.1, 0.15) is 23.0 Å². The highest BCUT2D eigenvalue weighted by Gasteiger charge is 2.16. The van der Waals surface area contributed by atoms with Gasteiger partial charge in [-0.15, -0.1) is 0 Å². The summed E-state index contributed by atoms with van der Waals surface area (Å²) < 4.78 is 18.1. The van der Waals surface area contributed by atoms with Gasteiger partial charge in [-0.05, 0) is 36.2 Å². The molecule has 0 saturated carbocycles. The van der Waals surface area contributed by atoms with Crippen LogP contribution in [0.15, 0.2) is 34.9 Å². The summed E-state index contributed by atoms with van der Waals surface area (Å²) in [6, 6.07) is 5.91. The van der Waals surface area contributed by atoms with E-state index in [1.54, 1.807) is 12.1 Å². The smallest absolute Gasteiger partial charge is 0.135 e. The van der Waals surface area contributed by atoms with E-state index in [9.17, 15) is 9.50 Å². The second-order valence-electron chi connectivity index (χ2n) is 3.92. The van der Waals surface area contributed by atoms with Crippen molar-refractivity contribution in [1.82, 2.24) is 0 Å². The molecular weight excluding hydrogens is 243 g/mol. The molecule has 0 amide bonds. The minimum absolute atomic E-state index is 0.299. The predicted octanol–water partition coefficient (Wildman–Crippen LogP) is 3.66. The van der Waals surface area contributed by atoms with Crippen LogP contribution in [0.25, 0.3) is 0 Å². The number of aliphatic hydroxyl groups excluding tert-OH is 1. The second-order valence-corrected chi connectivity index (χ2v) is 4.33. The van der Waals surface area contributed by atoms with Crippen molar-refractivity contribution in [3.05, 3.63) is 58.3 Å². The number of halogens is 2. The first-order chi connectivity index (χ1) is 8.08. The molecule has 17 heavy (non-hydrogen) atoms. The van der Waals surface area contributed by atoms with Crippen molar-refractivity contribution >= 4 is 11.6 Å². The van der Waals surface area contributed by atoms with Crippen LogP contribution in [0.4, 0.5) is 4.39 Å². The van der Waals surface area contributed by atoms with Crippen molar-refractivity contribution < 1.29 is 13.9 Å². The summed E-state index contributed by atoms with van der Waals surface area (Å²) in [5.41, 5.74) is 1.58. The Hall–Kier alpha value is -1.32. The summed E-state index contributed by atoms with van der Waals surface area (Å²) in [4.78, 5) is 0. The summed E-state index contributed by atoms with van der Waals surface area (Å²) in [5, 5.41) is 10.3. The monoisotopic (exact) mass is 254 g/mol. The van der Waals surface area contributed by atoms with Crippen molar-refractivity contribution in [3.8, 4) is 0 Å².